The van der Waals surface area contributed by atoms with Crippen LogP contribution >= 0.6 is 15.9 Å². The summed E-state index contributed by atoms with van der Waals surface area (Å²) in [5, 5.41) is 0. The highest BCUT2D eigenvalue weighted by molar-refractivity contribution is 9.10. The summed E-state index contributed by atoms with van der Waals surface area (Å²) in [5.41, 5.74) is 0.805. The molecular formula is C11H12BrFO2. The Morgan fingerprint density at radius 2 is 2.27 bits per heavy atom. The average molecular weight is 275 g/mol. The van der Waals surface area contributed by atoms with E-state index >= 15 is 0 Å². The summed E-state index contributed by atoms with van der Waals surface area (Å²) >= 11 is 3.15. The van der Waals surface area contributed by atoms with Gasteiger partial charge in [0.2, 0.25) is 0 Å². The Balaban J connectivity index is 2.58. The van der Waals surface area contributed by atoms with E-state index in [-0.39, 0.29) is 18.2 Å². The van der Waals surface area contributed by atoms with Gasteiger partial charge in [-0.3, -0.25) is 4.79 Å². The van der Waals surface area contributed by atoms with Gasteiger partial charge < -0.3 is 4.74 Å². The van der Waals surface area contributed by atoms with Crippen LogP contribution in [0.3, 0.4) is 0 Å². The molecule has 82 valence electrons. The van der Waals surface area contributed by atoms with Crippen molar-refractivity contribution in [1.29, 1.82) is 0 Å². The molecule has 0 spiro atoms. The van der Waals surface area contributed by atoms with Crippen molar-refractivity contribution in [2.75, 3.05) is 13.7 Å². The number of Topliss-reactive ketones (excluding diaryl/α,β-unsaturated/α-hetero) is 1. The number of hydrogen-bond donors (Lipinski definition) is 0. The number of carbonyl (C=O) groups is 1. The Bertz CT molecular complexity index is 352. The molecule has 0 fully saturated rings. The molecule has 1 rings (SSSR count). The number of aryl methyl sites for hydroxylation is 1. The molecule has 0 aliphatic rings. The molecular weight excluding hydrogens is 263 g/mol. The maximum absolute atomic E-state index is 13.1. The fraction of sp³-hybridized carbons (Fsp3) is 0.364. The number of ketones is 1. The van der Waals surface area contributed by atoms with E-state index in [0.717, 1.165) is 5.56 Å². The zero-order chi connectivity index (χ0) is 11.3. The van der Waals surface area contributed by atoms with Gasteiger partial charge >= 0.3 is 0 Å². The lowest BCUT2D eigenvalue weighted by Crippen LogP contribution is -2.07. The summed E-state index contributed by atoms with van der Waals surface area (Å²) < 4.78 is 18.2. The molecule has 0 atom stereocenters. The van der Waals surface area contributed by atoms with Crippen molar-refractivity contribution in [2.45, 2.75) is 12.8 Å². The second kappa shape index (κ2) is 5.98. The molecule has 0 N–H and O–H groups in total. The van der Waals surface area contributed by atoms with E-state index in [4.69, 9.17) is 4.74 Å². The summed E-state index contributed by atoms with van der Waals surface area (Å²) in [6, 6.07) is 4.81. The van der Waals surface area contributed by atoms with Gasteiger partial charge in [-0.1, -0.05) is 12.1 Å². The summed E-state index contributed by atoms with van der Waals surface area (Å²) in [7, 11) is 1.48. The van der Waals surface area contributed by atoms with Crippen LogP contribution in [0, 0.1) is 5.82 Å². The van der Waals surface area contributed by atoms with Crippen molar-refractivity contribution in [3.63, 3.8) is 0 Å². The van der Waals surface area contributed by atoms with Crippen LogP contribution in [0.5, 0.6) is 0 Å². The SMILES string of the molecule is COCC(=O)CCc1cccc(F)c1Br. The van der Waals surface area contributed by atoms with Crippen molar-refractivity contribution >= 4 is 21.7 Å². The van der Waals surface area contributed by atoms with E-state index in [1.54, 1.807) is 12.1 Å². The van der Waals surface area contributed by atoms with Crippen LogP contribution in [0.4, 0.5) is 4.39 Å². The third-order valence-corrected chi connectivity index (χ3v) is 2.90. The first kappa shape index (κ1) is 12.3. The highest BCUT2D eigenvalue weighted by atomic mass is 79.9. The van der Waals surface area contributed by atoms with Crippen molar-refractivity contribution in [2.24, 2.45) is 0 Å². The monoisotopic (exact) mass is 274 g/mol. The Hall–Kier alpha value is -0.740. The third-order valence-electron chi connectivity index (χ3n) is 2.01. The lowest BCUT2D eigenvalue weighted by Gasteiger charge is -2.04. The lowest BCUT2D eigenvalue weighted by molar-refractivity contribution is -0.122. The van der Waals surface area contributed by atoms with Gasteiger partial charge in [-0.2, -0.15) is 0 Å². The van der Waals surface area contributed by atoms with E-state index < -0.39 is 0 Å². The topological polar surface area (TPSA) is 26.3 Å². The molecule has 0 saturated heterocycles. The number of halogens is 2. The molecule has 0 amide bonds. The van der Waals surface area contributed by atoms with Gasteiger partial charge in [0.25, 0.3) is 0 Å². The van der Waals surface area contributed by atoms with Gasteiger partial charge in [0.1, 0.15) is 12.4 Å². The minimum Gasteiger partial charge on any atom is -0.377 e. The van der Waals surface area contributed by atoms with E-state index in [9.17, 15) is 9.18 Å². The fourth-order valence-corrected chi connectivity index (χ4v) is 1.71. The molecule has 0 saturated carbocycles. The van der Waals surface area contributed by atoms with Crippen molar-refractivity contribution in [3.05, 3.63) is 34.1 Å². The molecule has 0 radical (unpaired) electrons. The second-order valence-electron chi connectivity index (χ2n) is 3.18. The molecule has 2 nitrogen and oxygen atoms in total. The smallest absolute Gasteiger partial charge is 0.158 e. The maximum atomic E-state index is 13.1. The predicted molar refractivity (Wildman–Crippen MR) is 59.3 cm³/mol. The van der Waals surface area contributed by atoms with Crippen LogP contribution in [0.25, 0.3) is 0 Å². The number of rotatable bonds is 5. The van der Waals surface area contributed by atoms with Crippen molar-refractivity contribution in [3.8, 4) is 0 Å². The minimum absolute atomic E-state index is 0.0219. The predicted octanol–water partition coefficient (Wildman–Crippen LogP) is 2.74. The molecule has 0 bridgehead atoms. The van der Waals surface area contributed by atoms with Crippen molar-refractivity contribution < 1.29 is 13.9 Å². The number of hydrogen-bond acceptors (Lipinski definition) is 2. The minimum atomic E-state index is -0.299. The van der Waals surface area contributed by atoms with Gasteiger partial charge in [-0.05, 0) is 34.0 Å². The summed E-state index contributed by atoms with van der Waals surface area (Å²) in [6.07, 6.45) is 0.899. The molecule has 1 aromatic carbocycles. The first-order valence-electron chi connectivity index (χ1n) is 4.58. The molecule has 0 unspecified atom stereocenters. The van der Waals surface area contributed by atoms with Crippen LogP contribution in [-0.2, 0) is 16.0 Å². The quantitative estimate of drug-likeness (QED) is 0.826. The van der Waals surface area contributed by atoms with Gasteiger partial charge in [-0.15, -0.1) is 0 Å². The molecule has 0 aliphatic carbocycles. The van der Waals surface area contributed by atoms with Gasteiger partial charge in [0, 0.05) is 13.5 Å². The molecule has 15 heavy (non-hydrogen) atoms. The Kier molecular flexibility index (Phi) is 4.91. The molecule has 0 heterocycles. The number of benzene rings is 1. The van der Waals surface area contributed by atoms with Gasteiger partial charge in [0.05, 0.1) is 4.47 Å². The number of methoxy groups -OCH3 is 1. The van der Waals surface area contributed by atoms with E-state index in [1.165, 1.54) is 13.2 Å². The Morgan fingerprint density at radius 1 is 1.53 bits per heavy atom. The summed E-state index contributed by atoms with van der Waals surface area (Å²) in [6.45, 7) is 0.118. The Morgan fingerprint density at radius 3 is 2.93 bits per heavy atom. The van der Waals surface area contributed by atoms with Crippen LogP contribution in [0.15, 0.2) is 22.7 Å². The van der Waals surface area contributed by atoms with E-state index in [0.29, 0.717) is 17.3 Å². The second-order valence-corrected chi connectivity index (χ2v) is 3.98. The average Bonchev–Trinajstić information content (AvgIpc) is 2.21. The Labute approximate surface area is 96.6 Å². The van der Waals surface area contributed by atoms with E-state index in [2.05, 4.69) is 15.9 Å². The normalized spacial score (nSPS) is 10.3. The van der Waals surface area contributed by atoms with Crippen LogP contribution in [0.1, 0.15) is 12.0 Å². The first-order chi connectivity index (χ1) is 7.15. The van der Waals surface area contributed by atoms with Crippen LogP contribution < -0.4 is 0 Å². The highest BCUT2D eigenvalue weighted by Crippen LogP contribution is 2.21. The highest BCUT2D eigenvalue weighted by Gasteiger charge is 2.07. The van der Waals surface area contributed by atoms with Gasteiger partial charge in [0.15, 0.2) is 5.78 Å². The summed E-state index contributed by atoms with van der Waals surface area (Å²) in [4.78, 5) is 11.2. The maximum Gasteiger partial charge on any atom is 0.158 e. The van der Waals surface area contributed by atoms with Gasteiger partial charge in [-0.25, -0.2) is 4.39 Å². The number of ether oxygens (including phenoxy) is 1. The van der Waals surface area contributed by atoms with Crippen molar-refractivity contribution in [1.82, 2.24) is 0 Å². The third kappa shape index (κ3) is 3.72. The number of carbonyl (C=O) groups excluding carboxylic acids is 1. The fourth-order valence-electron chi connectivity index (χ4n) is 1.25. The van der Waals surface area contributed by atoms with E-state index in [1.807, 2.05) is 0 Å². The lowest BCUT2D eigenvalue weighted by atomic mass is 10.1. The largest absolute Gasteiger partial charge is 0.377 e. The molecule has 0 aliphatic heterocycles. The summed E-state index contributed by atoms with van der Waals surface area (Å²) in [5.74, 6) is -0.277. The molecule has 0 aromatic heterocycles. The standard InChI is InChI=1S/C11H12BrFO2/c1-15-7-9(14)6-5-8-3-2-4-10(13)11(8)12/h2-4H,5-7H2,1H3. The van der Waals surface area contributed by atoms with Crippen LogP contribution in [-0.4, -0.2) is 19.5 Å². The zero-order valence-corrected chi connectivity index (χ0v) is 10.0. The molecule has 4 heteroatoms. The van der Waals surface area contributed by atoms with Crippen LogP contribution in [0.2, 0.25) is 0 Å². The first-order valence-corrected chi connectivity index (χ1v) is 5.38. The molecule has 1 aromatic rings. The zero-order valence-electron chi connectivity index (χ0n) is 8.43.